The Balaban J connectivity index is 1.81. The van der Waals surface area contributed by atoms with Gasteiger partial charge in [0.2, 0.25) is 5.91 Å². The first-order valence-corrected chi connectivity index (χ1v) is 8.08. The van der Waals surface area contributed by atoms with Crippen LogP contribution >= 0.6 is 0 Å². The quantitative estimate of drug-likeness (QED) is 0.773. The minimum Gasteiger partial charge on any atom is -0.379 e. The number of ether oxygens (including phenoxy) is 1. The highest BCUT2D eigenvalue weighted by Crippen LogP contribution is 2.18. The highest BCUT2D eigenvalue weighted by Gasteiger charge is 2.36. The van der Waals surface area contributed by atoms with Crippen LogP contribution in [0.5, 0.6) is 0 Å². The smallest absolute Gasteiger partial charge is 0.229 e. The Morgan fingerprint density at radius 2 is 1.90 bits per heavy atom. The summed E-state index contributed by atoms with van der Waals surface area (Å²) < 4.78 is 5.52. The molecular weight excluding hydrogens is 254 g/mol. The number of hydrogen-bond acceptors (Lipinski definition) is 4. The lowest BCUT2D eigenvalue weighted by Crippen LogP contribution is -2.53. The molecule has 0 bridgehead atoms. The van der Waals surface area contributed by atoms with E-state index >= 15 is 0 Å². The van der Waals surface area contributed by atoms with E-state index in [0.29, 0.717) is 13.2 Å². The van der Waals surface area contributed by atoms with E-state index in [9.17, 15) is 4.79 Å². The van der Waals surface area contributed by atoms with Crippen molar-refractivity contribution in [2.24, 2.45) is 5.92 Å². The summed E-state index contributed by atoms with van der Waals surface area (Å²) in [6.07, 6.45) is 2.28. The van der Waals surface area contributed by atoms with E-state index < -0.39 is 0 Å². The highest BCUT2D eigenvalue weighted by molar-refractivity contribution is 5.80. The highest BCUT2D eigenvalue weighted by atomic mass is 16.5. The Bertz CT molecular complexity index is 303. The number of piperazine rings is 1. The molecule has 2 atom stereocenters. The average Bonchev–Trinajstić information content (AvgIpc) is 2.94. The van der Waals surface area contributed by atoms with E-state index in [1.165, 1.54) is 6.42 Å². The molecule has 1 N–H and O–H groups in total. The summed E-state index contributed by atoms with van der Waals surface area (Å²) in [7, 11) is 0. The van der Waals surface area contributed by atoms with Gasteiger partial charge in [0, 0.05) is 32.2 Å². The van der Waals surface area contributed by atoms with Crippen molar-refractivity contribution in [3.8, 4) is 0 Å². The van der Waals surface area contributed by atoms with Crippen LogP contribution in [0.4, 0.5) is 0 Å². The molecule has 0 aromatic rings. The molecule has 5 heteroatoms. The zero-order valence-corrected chi connectivity index (χ0v) is 12.9. The van der Waals surface area contributed by atoms with Gasteiger partial charge in [-0.15, -0.1) is 0 Å². The summed E-state index contributed by atoms with van der Waals surface area (Å²) in [5, 5.41) is 3.45. The largest absolute Gasteiger partial charge is 0.379 e. The Hall–Kier alpha value is -0.650. The average molecular weight is 283 g/mol. The van der Waals surface area contributed by atoms with Gasteiger partial charge >= 0.3 is 0 Å². The molecule has 2 fully saturated rings. The van der Waals surface area contributed by atoms with Crippen molar-refractivity contribution in [3.05, 3.63) is 0 Å². The molecule has 0 saturated carbocycles. The molecule has 2 aliphatic rings. The van der Waals surface area contributed by atoms with Crippen LogP contribution in [0.15, 0.2) is 0 Å². The van der Waals surface area contributed by atoms with Gasteiger partial charge in [-0.3, -0.25) is 9.69 Å². The second kappa shape index (κ2) is 7.96. The van der Waals surface area contributed by atoms with Crippen LogP contribution in [-0.2, 0) is 9.53 Å². The molecule has 0 aromatic carbocycles. The number of amides is 1. The van der Waals surface area contributed by atoms with Crippen molar-refractivity contribution < 1.29 is 9.53 Å². The number of carbonyl (C=O) groups is 1. The van der Waals surface area contributed by atoms with Gasteiger partial charge in [0.05, 0.1) is 19.1 Å². The van der Waals surface area contributed by atoms with Gasteiger partial charge in [-0.25, -0.2) is 0 Å². The zero-order valence-electron chi connectivity index (χ0n) is 12.9. The first-order chi connectivity index (χ1) is 9.76. The van der Waals surface area contributed by atoms with Gasteiger partial charge in [0.1, 0.15) is 0 Å². The van der Waals surface area contributed by atoms with Crippen LogP contribution < -0.4 is 5.32 Å². The maximum Gasteiger partial charge on any atom is 0.229 e. The number of hydrogen-bond donors (Lipinski definition) is 1. The molecule has 0 aromatic heterocycles. The van der Waals surface area contributed by atoms with Crippen LogP contribution in [0, 0.1) is 5.92 Å². The van der Waals surface area contributed by atoms with Crippen molar-refractivity contribution in [1.82, 2.24) is 15.1 Å². The molecule has 116 valence electrons. The second-order valence-corrected chi connectivity index (χ2v) is 5.87. The van der Waals surface area contributed by atoms with Gasteiger partial charge in [0.15, 0.2) is 0 Å². The topological polar surface area (TPSA) is 44.8 Å². The van der Waals surface area contributed by atoms with Crippen molar-refractivity contribution in [2.75, 3.05) is 52.5 Å². The fourth-order valence-corrected chi connectivity index (χ4v) is 3.07. The van der Waals surface area contributed by atoms with Gasteiger partial charge in [-0.05, 0) is 25.9 Å². The minimum absolute atomic E-state index is 0.0132. The Morgan fingerprint density at radius 1 is 1.15 bits per heavy atom. The van der Waals surface area contributed by atoms with Crippen molar-refractivity contribution >= 4 is 5.91 Å². The molecule has 1 amide bonds. The predicted octanol–water partition coefficient (Wildman–Crippen LogP) is 0.555. The van der Waals surface area contributed by atoms with Crippen LogP contribution in [0.1, 0.15) is 26.7 Å². The lowest BCUT2D eigenvalue weighted by atomic mass is 10.0. The summed E-state index contributed by atoms with van der Waals surface area (Å²) in [5.41, 5.74) is 0. The molecule has 5 nitrogen and oxygen atoms in total. The van der Waals surface area contributed by atoms with Crippen molar-refractivity contribution in [1.29, 1.82) is 0 Å². The normalized spacial score (nSPS) is 28.0. The summed E-state index contributed by atoms with van der Waals surface area (Å²) in [6, 6.07) is 0.205. The monoisotopic (exact) mass is 283 g/mol. The molecule has 2 unspecified atom stereocenters. The molecular formula is C15H29N3O2. The van der Waals surface area contributed by atoms with Crippen molar-refractivity contribution in [2.45, 2.75) is 32.7 Å². The predicted molar refractivity (Wildman–Crippen MR) is 79.7 cm³/mol. The zero-order chi connectivity index (χ0) is 14.4. The molecule has 2 heterocycles. The summed E-state index contributed by atoms with van der Waals surface area (Å²) >= 11 is 0. The minimum atomic E-state index is 0.0132. The van der Waals surface area contributed by atoms with E-state index in [1.54, 1.807) is 0 Å². The second-order valence-electron chi connectivity index (χ2n) is 5.87. The van der Waals surface area contributed by atoms with Gasteiger partial charge in [0.25, 0.3) is 0 Å². The standard InChI is InChI=1S/C15H29N3O2/c1-3-5-16-14-12-20-11-13(14)15(19)18-9-7-17(6-4-2)8-10-18/h13-14,16H,3-12H2,1-2H3. The number of nitrogens with one attached hydrogen (secondary N) is 1. The summed E-state index contributed by atoms with van der Waals surface area (Å²) in [6.45, 7) is 11.5. The van der Waals surface area contributed by atoms with E-state index in [-0.39, 0.29) is 17.9 Å². The lowest BCUT2D eigenvalue weighted by Gasteiger charge is -2.36. The molecule has 2 aliphatic heterocycles. The molecule has 0 radical (unpaired) electrons. The first kappa shape index (κ1) is 15.7. The van der Waals surface area contributed by atoms with Crippen LogP contribution in [-0.4, -0.2) is 74.2 Å². The van der Waals surface area contributed by atoms with Crippen LogP contribution in [0.25, 0.3) is 0 Å². The van der Waals surface area contributed by atoms with E-state index in [0.717, 1.165) is 45.7 Å². The Kier molecular flexibility index (Phi) is 6.26. The fourth-order valence-electron chi connectivity index (χ4n) is 3.07. The van der Waals surface area contributed by atoms with E-state index in [2.05, 4.69) is 24.1 Å². The van der Waals surface area contributed by atoms with Gasteiger partial charge in [-0.1, -0.05) is 13.8 Å². The van der Waals surface area contributed by atoms with E-state index in [4.69, 9.17) is 4.74 Å². The lowest BCUT2D eigenvalue weighted by molar-refractivity contribution is -0.137. The maximum atomic E-state index is 12.6. The molecule has 2 saturated heterocycles. The van der Waals surface area contributed by atoms with Crippen LogP contribution in [0.2, 0.25) is 0 Å². The molecule has 0 aliphatic carbocycles. The summed E-state index contributed by atoms with van der Waals surface area (Å²) in [4.78, 5) is 17.1. The van der Waals surface area contributed by atoms with Crippen LogP contribution in [0.3, 0.4) is 0 Å². The molecule has 0 spiro atoms. The first-order valence-electron chi connectivity index (χ1n) is 8.08. The fraction of sp³-hybridized carbons (Fsp3) is 0.933. The number of rotatable bonds is 6. The Labute approximate surface area is 122 Å². The third-order valence-corrected chi connectivity index (χ3v) is 4.28. The third-order valence-electron chi connectivity index (χ3n) is 4.28. The van der Waals surface area contributed by atoms with Gasteiger partial charge in [-0.2, -0.15) is 0 Å². The third kappa shape index (κ3) is 3.93. The molecule has 20 heavy (non-hydrogen) atoms. The number of nitrogens with zero attached hydrogens (tertiary/aromatic N) is 2. The number of carbonyl (C=O) groups excluding carboxylic acids is 1. The van der Waals surface area contributed by atoms with E-state index in [1.807, 2.05) is 4.90 Å². The maximum absolute atomic E-state index is 12.6. The summed E-state index contributed by atoms with van der Waals surface area (Å²) in [5.74, 6) is 0.298. The molecule has 2 rings (SSSR count). The van der Waals surface area contributed by atoms with Gasteiger partial charge < -0.3 is 15.0 Å². The van der Waals surface area contributed by atoms with Crippen molar-refractivity contribution in [3.63, 3.8) is 0 Å². The SMILES string of the molecule is CCCNC1COCC1C(=O)N1CCN(CCC)CC1. The Morgan fingerprint density at radius 3 is 2.55 bits per heavy atom.